The molecule has 0 aromatic carbocycles. The van der Waals surface area contributed by atoms with Gasteiger partial charge in [0, 0.05) is 18.3 Å². The van der Waals surface area contributed by atoms with Gasteiger partial charge in [0.1, 0.15) is 0 Å². The number of thioether (sulfide) groups is 1. The van der Waals surface area contributed by atoms with Crippen molar-refractivity contribution in [2.24, 2.45) is 0 Å². The summed E-state index contributed by atoms with van der Waals surface area (Å²) in [6, 6.07) is -0.0838. The molecule has 0 aliphatic carbocycles. The van der Waals surface area contributed by atoms with E-state index < -0.39 is 5.97 Å². The first-order chi connectivity index (χ1) is 9.56. The Balaban J connectivity index is 2.28. The number of aromatic carboxylic acids is 1. The van der Waals surface area contributed by atoms with Gasteiger partial charge in [-0.15, -0.1) is 5.10 Å². The zero-order chi connectivity index (χ0) is 15.0. The molecule has 0 spiro atoms. The minimum absolute atomic E-state index is 0.111. The van der Waals surface area contributed by atoms with Crippen LogP contribution in [0.25, 0.3) is 0 Å². The molecule has 0 aliphatic heterocycles. The average Bonchev–Trinajstić information content (AvgIpc) is 2.87. The predicted molar refractivity (Wildman–Crippen MR) is 76.0 cm³/mol. The maximum atomic E-state index is 11.6. The molecule has 112 valence electrons. The Morgan fingerprint density at radius 3 is 2.85 bits per heavy atom. The minimum Gasteiger partial charge on any atom is -0.476 e. The van der Waals surface area contributed by atoms with Crippen molar-refractivity contribution in [2.45, 2.75) is 25.9 Å². The third-order valence-electron chi connectivity index (χ3n) is 2.58. The highest BCUT2D eigenvalue weighted by Crippen LogP contribution is 2.00. The fourth-order valence-electron chi connectivity index (χ4n) is 1.49. The normalized spacial score (nSPS) is 11.9. The fourth-order valence-corrected chi connectivity index (χ4v) is 2.21. The highest BCUT2D eigenvalue weighted by molar-refractivity contribution is 7.98. The van der Waals surface area contributed by atoms with Gasteiger partial charge in [-0.1, -0.05) is 12.1 Å². The lowest BCUT2D eigenvalue weighted by molar-refractivity contribution is 0.0690. The number of urea groups is 1. The number of carbonyl (C=O) groups is 2. The van der Waals surface area contributed by atoms with Gasteiger partial charge in [0.2, 0.25) is 0 Å². The number of aromatic nitrogens is 3. The molecule has 0 bridgehead atoms. The van der Waals surface area contributed by atoms with Crippen LogP contribution in [0.2, 0.25) is 0 Å². The first-order valence-corrected chi connectivity index (χ1v) is 7.63. The van der Waals surface area contributed by atoms with E-state index in [0.29, 0.717) is 13.1 Å². The third-order valence-corrected chi connectivity index (χ3v) is 3.32. The maximum absolute atomic E-state index is 11.6. The highest BCUT2D eigenvalue weighted by Gasteiger charge is 2.10. The Morgan fingerprint density at radius 1 is 1.55 bits per heavy atom. The van der Waals surface area contributed by atoms with Gasteiger partial charge in [0.25, 0.3) is 0 Å². The Bertz CT molecular complexity index is 451. The molecule has 8 nitrogen and oxygen atoms in total. The lowest BCUT2D eigenvalue weighted by atomic mass is 10.3. The van der Waals surface area contributed by atoms with E-state index in [9.17, 15) is 9.59 Å². The summed E-state index contributed by atoms with van der Waals surface area (Å²) < 4.78 is 1.38. The molecule has 0 fully saturated rings. The predicted octanol–water partition coefficient (Wildman–Crippen LogP) is 0.417. The molecule has 1 aromatic rings. The van der Waals surface area contributed by atoms with Crippen molar-refractivity contribution in [2.75, 3.05) is 18.6 Å². The van der Waals surface area contributed by atoms with Gasteiger partial charge >= 0.3 is 12.0 Å². The van der Waals surface area contributed by atoms with Gasteiger partial charge in [0.05, 0.1) is 12.7 Å². The van der Waals surface area contributed by atoms with Gasteiger partial charge in [0.15, 0.2) is 5.69 Å². The summed E-state index contributed by atoms with van der Waals surface area (Å²) in [6.07, 6.45) is 4.19. The molecule has 0 saturated carbocycles. The molecule has 0 radical (unpaired) electrons. The summed E-state index contributed by atoms with van der Waals surface area (Å²) in [5, 5.41) is 21.4. The summed E-state index contributed by atoms with van der Waals surface area (Å²) in [7, 11) is 0. The molecule has 9 heteroatoms. The number of hydrogen-bond donors (Lipinski definition) is 3. The second-order valence-electron chi connectivity index (χ2n) is 4.13. The van der Waals surface area contributed by atoms with Crippen LogP contribution in [-0.2, 0) is 6.54 Å². The molecule has 0 saturated heterocycles. The quantitative estimate of drug-likeness (QED) is 0.642. The second kappa shape index (κ2) is 8.41. The molecule has 1 heterocycles. The number of nitrogens with zero attached hydrogens (tertiary/aromatic N) is 3. The van der Waals surface area contributed by atoms with Gasteiger partial charge in [-0.25, -0.2) is 14.3 Å². The molecule has 20 heavy (non-hydrogen) atoms. The van der Waals surface area contributed by atoms with Crippen molar-refractivity contribution >= 4 is 23.8 Å². The van der Waals surface area contributed by atoms with Crippen LogP contribution in [0.5, 0.6) is 0 Å². The summed E-state index contributed by atoms with van der Waals surface area (Å²) in [4.78, 5) is 22.2. The number of carboxylic acids is 1. The number of hydrogen-bond acceptors (Lipinski definition) is 5. The minimum atomic E-state index is -1.12. The Hall–Kier alpha value is -1.77. The molecule has 2 amide bonds. The van der Waals surface area contributed by atoms with E-state index in [1.807, 2.05) is 13.2 Å². The van der Waals surface area contributed by atoms with E-state index in [0.717, 1.165) is 12.2 Å². The van der Waals surface area contributed by atoms with E-state index >= 15 is 0 Å². The molecule has 3 N–H and O–H groups in total. The summed E-state index contributed by atoms with van der Waals surface area (Å²) in [5.74, 6) is -0.251. The van der Waals surface area contributed by atoms with Gasteiger partial charge < -0.3 is 15.7 Å². The lowest BCUT2D eigenvalue weighted by Gasteiger charge is -2.16. The van der Waals surface area contributed by atoms with Crippen molar-refractivity contribution < 1.29 is 14.7 Å². The van der Waals surface area contributed by atoms with Crippen molar-refractivity contribution in [3.05, 3.63) is 11.9 Å². The van der Waals surface area contributed by atoms with Crippen molar-refractivity contribution in [3.8, 4) is 0 Å². The van der Waals surface area contributed by atoms with Crippen LogP contribution < -0.4 is 10.6 Å². The van der Waals surface area contributed by atoms with E-state index in [-0.39, 0.29) is 17.8 Å². The standard InChI is InChI=1S/C11H19N5O3S/c1-3-8(7-20-2)13-11(19)12-4-5-16-6-9(10(17)18)14-15-16/h6,8H,3-5,7H2,1-2H3,(H,17,18)(H2,12,13,19). The zero-order valence-corrected chi connectivity index (χ0v) is 12.3. The molecule has 1 atom stereocenters. The Labute approximate surface area is 121 Å². The Kier molecular flexibility index (Phi) is 6.85. The van der Waals surface area contributed by atoms with E-state index in [2.05, 4.69) is 20.9 Å². The van der Waals surface area contributed by atoms with Crippen LogP contribution in [0.1, 0.15) is 23.8 Å². The topological polar surface area (TPSA) is 109 Å². The molecule has 1 aromatic heterocycles. The first-order valence-electron chi connectivity index (χ1n) is 6.23. The summed E-state index contributed by atoms with van der Waals surface area (Å²) >= 11 is 1.68. The molecular formula is C11H19N5O3S. The summed E-state index contributed by atoms with van der Waals surface area (Å²) in [6.45, 7) is 2.74. The fraction of sp³-hybridized carbons (Fsp3) is 0.636. The monoisotopic (exact) mass is 301 g/mol. The number of amides is 2. The molecule has 0 aliphatic rings. The SMILES string of the molecule is CCC(CSC)NC(=O)NCCn1cc(C(=O)O)nn1. The van der Waals surface area contributed by atoms with Gasteiger partial charge in [-0.05, 0) is 12.7 Å². The highest BCUT2D eigenvalue weighted by atomic mass is 32.2. The first kappa shape index (κ1) is 16.3. The van der Waals surface area contributed by atoms with E-state index in [1.54, 1.807) is 11.8 Å². The number of carbonyl (C=O) groups excluding carboxylic acids is 1. The van der Waals surface area contributed by atoms with Crippen molar-refractivity contribution in [1.29, 1.82) is 0 Å². The van der Waals surface area contributed by atoms with Crippen LogP contribution >= 0.6 is 11.8 Å². The van der Waals surface area contributed by atoms with Crippen molar-refractivity contribution in [1.82, 2.24) is 25.6 Å². The number of rotatable bonds is 8. The smallest absolute Gasteiger partial charge is 0.358 e. The van der Waals surface area contributed by atoms with E-state index in [4.69, 9.17) is 5.11 Å². The van der Waals surface area contributed by atoms with Crippen molar-refractivity contribution in [3.63, 3.8) is 0 Å². The lowest BCUT2D eigenvalue weighted by Crippen LogP contribution is -2.43. The number of nitrogens with one attached hydrogen (secondary N) is 2. The van der Waals surface area contributed by atoms with Gasteiger partial charge in [-0.3, -0.25) is 0 Å². The second-order valence-corrected chi connectivity index (χ2v) is 5.04. The van der Waals surface area contributed by atoms with Crippen LogP contribution in [0, 0.1) is 0 Å². The van der Waals surface area contributed by atoms with Gasteiger partial charge in [-0.2, -0.15) is 11.8 Å². The molecule has 1 rings (SSSR count). The van der Waals surface area contributed by atoms with Crippen LogP contribution in [0.3, 0.4) is 0 Å². The van der Waals surface area contributed by atoms with E-state index in [1.165, 1.54) is 10.9 Å². The van der Waals surface area contributed by atoms with Crippen LogP contribution in [0.4, 0.5) is 4.79 Å². The summed E-state index contributed by atoms with van der Waals surface area (Å²) in [5.41, 5.74) is -0.111. The Morgan fingerprint density at radius 2 is 2.30 bits per heavy atom. The number of carboxylic acid groups (broad SMARTS) is 1. The van der Waals surface area contributed by atoms with Crippen LogP contribution in [0.15, 0.2) is 6.20 Å². The molecule has 1 unspecified atom stereocenters. The zero-order valence-electron chi connectivity index (χ0n) is 11.5. The molecular weight excluding hydrogens is 282 g/mol. The third kappa shape index (κ3) is 5.47. The maximum Gasteiger partial charge on any atom is 0.358 e. The largest absolute Gasteiger partial charge is 0.476 e. The average molecular weight is 301 g/mol. The van der Waals surface area contributed by atoms with Crippen LogP contribution in [-0.4, -0.2) is 56.7 Å².